The molecule has 1 aliphatic heterocycles. The molecule has 0 bridgehead atoms. The lowest BCUT2D eigenvalue weighted by Gasteiger charge is -2.34. The molecule has 0 radical (unpaired) electrons. The van der Waals surface area contributed by atoms with Gasteiger partial charge in [0.2, 0.25) is 0 Å². The summed E-state index contributed by atoms with van der Waals surface area (Å²) in [5, 5.41) is 18.7. The Labute approximate surface area is 215 Å². The molecule has 0 spiro atoms. The number of hydrogen-bond donors (Lipinski definition) is 4. The average Bonchev–Trinajstić information content (AvgIpc) is 3.44. The lowest BCUT2D eigenvalue weighted by Crippen LogP contribution is -2.58. The van der Waals surface area contributed by atoms with Crippen LogP contribution in [0, 0.1) is 0 Å². The van der Waals surface area contributed by atoms with E-state index in [0.29, 0.717) is 24.2 Å². The first-order valence-electron chi connectivity index (χ1n) is 12.4. The maximum atomic E-state index is 6.92. The molecule has 9 heteroatoms. The van der Waals surface area contributed by atoms with Crippen LogP contribution >= 0.6 is 0 Å². The summed E-state index contributed by atoms with van der Waals surface area (Å²) in [6.07, 6.45) is 4.33. The molecule has 6 rings (SSSR count). The van der Waals surface area contributed by atoms with Crippen molar-refractivity contribution in [2.45, 2.75) is 31.0 Å². The Balaban J connectivity index is 1.30. The van der Waals surface area contributed by atoms with Crippen LogP contribution in [0.25, 0.3) is 17.0 Å². The van der Waals surface area contributed by atoms with Crippen molar-refractivity contribution in [3.05, 3.63) is 95.5 Å². The van der Waals surface area contributed by atoms with Crippen molar-refractivity contribution >= 4 is 17.3 Å². The van der Waals surface area contributed by atoms with E-state index in [1.165, 1.54) is 12.8 Å². The van der Waals surface area contributed by atoms with Gasteiger partial charge in [0.15, 0.2) is 17.4 Å². The molecule has 4 aromatic rings. The quantitative estimate of drug-likeness (QED) is 0.307. The van der Waals surface area contributed by atoms with Crippen molar-refractivity contribution in [1.29, 1.82) is 0 Å². The standard InChI is InChI=1S/C28H30N8O/c1-36(2)21-12-10-20(11-13-21)25-16-28(29,26-15-23(33-34-26)19-8-9-19)32-27(31-25)30-17-22-14-24(35-37-22)18-6-4-3-5-7-18/h3-7,10-16,19H,8-9,17,29H2,1-2H3,(H,33,34)(H2,30,31,32). The second-order valence-corrected chi connectivity index (χ2v) is 9.81. The van der Waals surface area contributed by atoms with E-state index in [0.717, 1.165) is 39.6 Å². The highest BCUT2D eigenvalue weighted by Gasteiger charge is 2.35. The minimum absolute atomic E-state index is 0.298. The highest BCUT2D eigenvalue weighted by Crippen LogP contribution is 2.40. The van der Waals surface area contributed by atoms with Crippen LogP contribution in [0.1, 0.15) is 41.5 Å². The van der Waals surface area contributed by atoms with Crippen molar-refractivity contribution in [3.63, 3.8) is 0 Å². The number of nitrogens with two attached hydrogens (primary N) is 1. The molecule has 2 aliphatic rings. The third-order valence-corrected chi connectivity index (χ3v) is 6.71. The Morgan fingerprint density at radius 3 is 2.57 bits per heavy atom. The van der Waals surface area contributed by atoms with Crippen molar-refractivity contribution in [3.8, 4) is 11.3 Å². The lowest BCUT2D eigenvalue weighted by molar-refractivity contribution is 0.386. The summed E-state index contributed by atoms with van der Waals surface area (Å²) in [5.41, 5.74) is 12.5. The van der Waals surface area contributed by atoms with Gasteiger partial charge in [-0.15, -0.1) is 0 Å². The van der Waals surface area contributed by atoms with Gasteiger partial charge in [0.05, 0.1) is 0 Å². The van der Waals surface area contributed by atoms with E-state index in [9.17, 15) is 0 Å². The highest BCUT2D eigenvalue weighted by molar-refractivity contribution is 5.92. The predicted octanol–water partition coefficient (Wildman–Crippen LogP) is 3.91. The third-order valence-electron chi connectivity index (χ3n) is 6.71. The smallest absolute Gasteiger partial charge is 0.198 e. The predicted molar refractivity (Wildman–Crippen MR) is 145 cm³/mol. The number of benzene rings is 2. The number of nitrogens with one attached hydrogen (secondary N) is 3. The summed E-state index contributed by atoms with van der Waals surface area (Å²) in [6, 6.07) is 22.2. The Kier molecular flexibility index (Phi) is 5.77. The number of aromatic amines is 1. The summed E-state index contributed by atoms with van der Waals surface area (Å²) in [5.74, 6) is 1.73. The van der Waals surface area contributed by atoms with Gasteiger partial charge in [0.1, 0.15) is 17.9 Å². The largest absolute Gasteiger partial charge is 0.378 e. The van der Waals surface area contributed by atoms with Gasteiger partial charge in [-0.05, 0) is 42.7 Å². The molecule has 9 nitrogen and oxygen atoms in total. The first-order valence-corrected chi connectivity index (χ1v) is 12.4. The van der Waals surface area contributed by atoms with Crippen molar-refractivity contribution in [2.24, 2.45) is 10.7 Å². The molecule has 37 heavy (non-hydrogen) atoms. The monoisotopic (exact) mass is 494 g/mol. The zero-order valence-corrected chi connectivity index (χ0v) is 20.9. The van der Waals surface area contributed by atoms with Gasteiger partial charge in [-0.2, -0.15) is 5.10 Å². The SMILES string of the molecule is CN(C)c1ccc(C2=CC(N)(c3cc(C4CC4)[nH]n3)NC(=NCc3cc(-c4ccccc4)no3)N2)cc1. The van der Waals surface area contributed by atoms with Crippen LogP contribution in [0.15, 0.2) is 82.3 Å². The average molecular weight is 495 g/mol. The van der Waals surface area contributed by atoms with Crippen LogP contribution < -0.4 is 21.3 Å². The summed E-state index contributed by atoms with van der Waals surface area (Å²) < 4.78 is 5.55. The summed E-state index contributed by atoms with van der Waals surface area (Å²) in [6.45, 7) is 0.298. The van der Waals surface area contributed by atoms with Crippen LogP contribution in [0.5, 0.6) is 0 Å². The molecule has 0 saturated heterocycles. The second-order valence-electron chi connectivity index (χ2n) is 9.81. The molecule has 1 aliphatic carbocycles. The Morgan fingerprint density at radius 2 is 1.84 bits per heavy atom. The minimum Gasteiger partial charge on any atom is -0.378 e. The Morgan fingerprint density at radius 1 is 1.05 bits per heavy atom. The highest BCUT2D eigenvalue weighted by atomic mass is 16.5. The van der Waals surface area contributed by atoms with Crippen LogP contribution in [0.2, 0.25) is 0 Å². The fraction of sp³-hybridized carbons (Fsp3) is 0.250. The van der Waals surface area contributed by atoms with Crippen LogP contribution in [-0.4, -0.2) is 35.4 Å². The molecule has 1 fully saturated rings. The second kappa shape index (κ2) is 9.25. The molecule has 188 valence electrons. The normalized spacial score (nSPS) is 20.3. The van der Waals surface area contributed by atoms with Gasteiger partial charge in [-0.1, -0.05) is 47.6 Å². The number of aliphatic imine (C=N–C) groups is 1. The van der Waals surface area contributed by atoms with Gasteiger partial charge in [-0.25, -0.2) is 4.99 Å². The zero-order chi connectivity index (χ0) is 25.4. The van der Waals surface area contributed by atoms with Crippen molar-refractivity contribution in [1.82, 2.24) is 26.0 Å². The molecule has 1 unspecified atom stereocenters. The molecule has 2 aromatic heterocycles. The maximum absolute atomic E-state index is 6.92. The maximum Gasteiger partial charge on any atom is 0.198 e. The van der Waals surface area contributed by atoms with E-state index in [4.69, 9.17) is 15.2 Å². The minimum atomic E-state index is -1.04. The first-order chi connectivity index (χ1) is 18.0. The molecule has 3 heterocycles. The van der Waals surface area contributed by atoms with E-state index in [1.54, 1.807) is 0 Å². The van der Waals surface area contributed by atoms with E-state index in [2.05, 4.69) is 61.2 Å². The number of guanidine groups is 1. The molecule has 1 saturated carbocycles. The third kappa shape index (κ3) is 4.85. The van der Waals surface area contributed by atoms with Gasteiger partial charge < -0.3 is 25.8 Å². The number of aromatic nitrogens is 3. The van der Waals surface area contributed by atoms with Crippen molar-refractivity contribution in [2.75, 3.05) is 19.0 Å². The molecule has 0 amide bonds. The molecular formula is C28H30N8O. The van der Waals surface area contributed by atoms with Gasteiger partial charge in [-0.3, -0.25) is 5.10 Å². The van der Waals surface area contributed by atoms with Crippen LogP contribution in [0.3, 0.4) is 0 Å². The van der Waals surface area contributed by atoms with Gasteiger partial charge in [0, 0.05) is 48.7 Å². The van der Waals surface area contributed by atoms with Crippen molar-refractivity contribution < 1.29 is 4.52 Å². The zero-order valence-electron chi connectivity index (χ0n) is 20.9. The Bertz CT molecular complexity index is 1450. The number of rotatable bonds is 7. The Hall–Kier alpha value is -4.37. The van der Waals surface area contributed by atoms with Crippen LogP contribution in [-0.2, 0) is 12.2 Å². The van der Waals surface area contributed by atoms with E-state index >= 15 is 0 Å². The van der Waals surface area contributed by atoms with Crippen LogP contribution in [0.4, 0.5) is 5.69 Å². The fourth-order valence-corrected chi connectivity index (χ4v) is 4.41. The fourth-order valence-electron chi connectivity index (χ4n) is 4.41. The van der Waals surface area contributed by atoms with E-state index in [-0.39, 0.29) is 0 Å². The number of nitrogens with zero attached hydrogens (tertiary/aromatic N) is 4. The summed E-state index contributed by atoms with van der Waals surface area (Å²) >= 11 is 0. The number of anilines is 1. The van der Waals surface area contributed by atoms with Gasteiger partial charge in [0.25, 0.3) is 0 Å². The first kappa shape index (κ1) is 23.1. The lowest BCUT2D eigenvalue weighted by atomic mass is 9.99. The molecule has 1 atom stereocenters. The molecule has 2 aromatic carbocycles. The number of H-pyrrole nitrogens is 1. The summed E-state index contributed by atoms with van der Waals surface area (Å²) in [4.78, 5) is 6.82. The topological polar surface area (TPSA) is 120 Å². The summed E-state index contributed by atoms with van der Waals surface area (Å²) in [7, 11) is 4.04. The molecule has 5 N–H and O–H groups in total. The number of hydrogen-bond acceptors (Lipinski definition) is 6. The van der Waals surface area contributed by atoms with E-state index < -0.39 is 5.66 Å². The van der Waals surface area contributed by atoms with E-state index in [1.807, 2.05) is 56.6 Å². The molecular weight excluding hydrogens is 464 g/mol. The van der Waals surface area contributed by atoms with Gasteiger partial charge >= 0.3 is 0 Å².